The molecule has 16 nitrogen and oxygen atoms in total. The highest BCUT2D eigenvalue weighted by Crippen LogP contribution is 2.66. The quantitative estimate of drug-likeness (QED) is 0.168. The van der Waals surface area contributed by atoms with Crippen molar-refractivity contribution in [2.45, 2.75) is 147 Å². The van der Waals surface area contributed by atoms with Crippen molar-refractivity contribution in [1.82, 2.24) is 15.2 Å². The van der Waals surface area contributed by atoms with Crippen LogP contribution in [0.2, 0.25) is 0 Å². The number of carbonyl (C=O) groups excluding carboxylic acids is 4. The molecular weight excluding hydrogens is 834 g/mol. The number of fused-ring (bicyclic) bond motifs is 8. The van der Waals surface area contributed by atoms with Crippen LogP contribution < -0.4 is 5.32 Å². The normalized spacial score (nSPS) is 35.0. The van der Waals surface area contributed by atoms with Crippen LogP contribution in [0.4, 0.5) is 9.18 Å². The Hall–Kier alpha value is -4.52. The van der Waals surface area contributed by atoms with Gasteiger partial charge in [0.25, 0.3) is 0 Å². The average molecular weight is 894 g/mol. The molecule has 3 N–H and O–H groups in total. The molecule has 1 amide bonds. The fourth-order valence-electron chi connectivity index (χ4n) is 11.2. The smallest absolute Gasteiger partial charge is 0.408 e. The standard InChI is InChI=1S/C47H60FN3O13/c1-25-29(59-41(55)35(53)34(33-28(48)16-12-19-49-33)50-42(56)64-43(3,4)5)22-47(57)39(62-40(54)27-14-10-9-11-15-27)37-45(8,18-17-30-46(37,24-58-30)63-26(2)52)38-36(32(25)44(47,6)7)60-31(61-38)23-51-20-13-21-51/h9-12,14-16,19,29-31,34-39,53,57H,13,17-18,20-24H2,1-8H3,(H,50,56)/t29-,30+,31+,34-,35+,36+,37-,38+,39-,45+,46-,47+/m0/s1. The number of pyridine rings is 1. The first-order valence-electron chi connectivity index (χ1n) is 22.1. The number of rotatable bonds is 10. The van der Waals surface area contributed by atoms with Gasteiger partial charge in [-0.25, -0.2) is 18.8 Å². The van der Waals surface area contributed by atoms with Crippen LogP contribution in [-0.2, 0) is 42.7 Å². The highest BCUT2D eigenvalue weighted by Gasteiger charge is 2.77. The highest BCUT2D eigenvalue weighted by atomic mass is 19.1. The van der Waals surface area contributed by atoms with E-state index in [0.29, 0.717) is 30.5 Å². The van der Waals surface area contributed by atoms with Crippen molar-refractivity contribution in [3.8, 4) is 0 Å². The summed E-state index contributed by atoms with van der Waals surface area (Å²) in [6.07, 6.45) is -6.23. The number of aliphatic hydroxyl groups excluding tert-OH is 1. The molecule has 17 heteroatoms. The van der Waals surface area contributed by atoms with Gasteiger partial charge in [-0.1, -0.05) is 39.0 Å². The molecule has 12 atom stereocenters. The molecule has 1 aromatic heterocycles. The largest absolute Gasteiger partial charge is 0.456 e. The number of alkyl carbamates (subject to hydrolysis) is 1. The van der Waals surface area contributed by atoms with Crippen LogP contribution in [0.5, 0.6) is 0 Å². The first kappa shape index (κ1) is 46.0. The number of halogens is 1. The van der Waals surface area contributed by atoms with Gasteiger partial charge >= 0.3 is 24.0 Å². The Morgan fingerprint density at radius 2 is 1.77 bits per heavy atom. The molecule has 2 bridgehead atoms. The van der Waals surface area contributed by atoms with E-state index in [-0.39, 0.29) is 18.6 Å². The number of aliphatic hydroxyl groups is 2. The van der Waals surface area contributed by atoms with Crippen LogP contribution in [0, 0.1) is 22.6 Å². The lowest BCUT2D eigenvalue weighted by atomic mass is 9.45. The highest BCUT2D eigenvalue weighted by molar-refractivity contribution is 5.89. The Labute approximate surface area is 372 Å². The van der Waals surface area contributed by atoms with E-state index in [1.54, 1.807) is 58.0 Å². The number of hydrogen-bond acceptors (Lipinski definition) is 15. The number of nitrogens with zero attached hydrogens (tertiary/aromatic N) is 2. The zero-order valence-electron chi connectivity index (χ0n) is 37.6. The van der Waals surface area contributed by atoms with Crippen molar-refractivity contribution < 1.29 is 66.9 Å². The Morgan fingerprint density at radius 1 is 1.05 bits per heavy atom. The van der Waals surface area contributed by atoms with Crippen LogP contribution >= 0.6 is 0 Å². The number of amides is 1. The fourth-order valence-corrected chi connectivity index (χ4v) is 11.2. The lowest BCUT2D eigenvalue weighted by Crippen LogP contribution is -2.79. The maximum atomic E-state index is 15.4. The second kappa shape index (κ2) is 16.7. The molecule has 3 aliphatic heterocycles. The number of aromatic nitrogens is 1. The van der Waals surface area contributed by atoms with Crippen molar-refractivity contribution in [2.75, 3.05) is 26.2 Å². The summed E-state index contributed by atoms with van der Waals surface area (Å²) in [7, 11) is 0. The van der Waals surface area contributed by atoms with Crippen LogP contribution in [0.25, 0.3) is 0 Å². The predicted molar refractivity (Wildman–Crippen MR) is 224 cm³/mol. The fraction of sp³-hybridized carbons (Fsp3) is 0.638. The monoisotopic (exact) mass is 893 g/mol. The van der Waals surface area contributed by atoms with Gasteiger partial charge in [-0.3, -0.25) is 14.7 Å². The first-order valence-corrected chi connectivity index (χ1v) is 22.1. The molecule has 0 spiro atoms. The summed E-state index contributed by atoms with van der Waals surface area (Å²) in [5.41, 5.74) is -6.03. The summed E-state index contributed by atoms with van der Waals surface area (Å²) in [4.78, 5) is 61.3. The van der Waals surface area contributed by atoms with Crippen molar-refractivity contribution in [2.24, 2.45) is 16.7 Å². The summed E-state index contributed by atoms with van der Waals surface area (Å²) >= 11 is 0. The van der Waals surface area contributed by atoms with Crippen molar-refractivity contribution in [1.29, 1.82) is 0 Å². The van der Waals surface area contributed by atoms with Crippen molar-refractivity contribution >= 4 is 24.0 Å². The number of likely N-dealkylation sites (tertiary alicyclic amines) is 1. The predicted octanol–water partition coefficient (Wildman–Crippen LogP) is 4.71. The summed E-state index contributed by atoms with van der Waals surface area (Å²) < 4.78 is 60.0. The molecule has 64 heavy (non-hydrogen) atoms. The van der Waals surface area contributed by atoms with E-state index in [2.05, 4.69) is 15.2 Å². The van der Waals surface area contributed by atoms with E-state index >= 15 is 4.39 Å². The van der Waals surface area contributed by atoms with Gasteiger partial charge < -0.3 is 48.7 Å². The molecular formula is C47H60FN3O13. The summed E-state index contributed by atoms with van der Waals surface area (Å²) in [5, 5.41) is 28.0. The van der Waals surface area contributed by atoms with Gasteiger partial charge in [0.1, 0.15) is 53.2 Å². The lowest BCUT2D eigenvalue weighted by Gasteiger charge is -2.68. The number of ether oxygens (including phenoxy) is 7. The van der Waals surface area contributed by atoms with E-state index in [4.69, 9.17) is 33.2 Å². The molecule has 4 heterocycles. The second-order valence-electron chi connectivity index (χ2n) is 20.0. The number of esters is 3. The van der Waals surface area contributed by atoms with Crippen LogP contribution in [0.3, 0.4) is 0 Å². The van der Waals surface area contributed by atoms with Gasteiger partial charge in [-0.2, -0.15) is 0 Å². The molecule has 2 aromatic rings. The molecule has 3 aliphatic carbocycles. The number of hydrogen-bond donors (Lipinski definition) is 3. The van der Waals surface area contributed by atoms with Crippen molar-refractivity contribution in [3.63, 3.8) is 0 Å². The van der Waals surface area contributed by atoms with Crippen LogP contribution in [0.1, 0.15) is 103 Å². The summed E-state index contributed by atoms with van der Waals surface area (Å²) in [6.45, 7) is 15.7. The van der Waals surface area contributed by atoms with E-state index in [9.17, 15) is 29.4 Å². The zero-order chi connectivity index (χ0) is 46.1. The number of carbonyl (C=O) groups is 4. The zero-order valence-corrected chi connectivity index (χ0v) is 37.6. The Balaban J connectivity index is 1.26. The average Bonchev–Trinajstić information content (AvgIpc) is 3.62. The van der Waals surface area contributed by atoms with E-state index < -0.39 is 118 Å². The molecule has 0 radical (unpaired) electrons. The van der Waals surface area contributed by atoms with Gasteiger partial charge in [-0.15, -0.1) is 0 Å². The molecule has 8 rings (SSSR count). The van der Waals surface area contributed by atoms with Gasteiger partial charge in [0, 0.05) is 36.9 Å². The van der Waals surface area contributed by atoms with E-state index in [1.165, 1.54) is 19.2 Å². The third-order valence-electron chi connectivity index (χ3n) is 14.5. The van der Waals surface area contributed by atoms with Crippen LogP contribution in [-0.4, -0.2) is 130 Å². The molecule has 5 fully saturated rings. The lowest BCUT2D eigenvalue weighted by molar-refractivity contribution is -0.345. The Kier molecular flexibility index (Phi) is 12.0. The maximum absolute atomic E-state index is 15.4. The van der Waals surface area contributed by atoms with Gasteiger partial charge in [0.2, 0.25) is 0 Å². The molecule has 6 aliphatic rings. The van der Waals surface area contributed by atoms with E-state index in [0.717, 1.165) is 25.6 Å². The van der Waals surface area contributed by atoms with Crippen molar-refractivity contribution in [3.05, 3.63) is 76.9 Å². The summed E-state index contributed by atoms with van der Waals surface area (Å²) in [6, 6.07) is 8.93. The third-order valence-corrected chi connectivity index (χ3v) is 14.5. The molecule has 0 unspecified atom stereocenters. The maximum Gasteiger partial charge on any atom is 0.408 e. The number of benzene rings is 1. The Bertz CT molecular complexity index is 2180. The molecule has 348 valence electrons. The SMILES string of the molecule is CC(=O)O[C@@]12CO[C@@H]1CC[C@@]1(C)[C@@H]3O[C@H](CN4CCC4)O[C@@H]3C3=C(C)[C@@H](OC(=O)[C@H](O)[C@@H](NC(=O)OC(C)(C)C)c4ncccc4F)C[C@@](O)([C@@H](OC(=O)c4ccccc4)[C@@H]12)C3(C)C. The molecule has 2 saturated carbocycles. The minimum absolute atomic E-state index is 0.0503. The molecule has 3 saturated heterocycles. The van der Waals surface area contributed by atoms with E-state index in [1.807, 2.05) is 20.8 Å². The van der Waals surface area contributed by atoms with Gasteiger partial charge in [0.05, 0.1) is 24.2 Å². The molecule has 1 aromatic carbocycles. The van der Waals surface area contributed by atoms with Gasteiger partial charge in [-0.05, 0) is 95.5 Å². The van der Waals surface area contributed by atoms with Crippen LogP contribution in [0.15, 0.2) is 59.8 Å². The third kappa shape index (κ3) is 7.89. The first-order chi connectivity index (χ1) is 30.1. The second-order valence-corrected chi connectivity index (χ2v) is 20.0. The summed E-state index contributed by atoms with van der Waals surface area (Å²) in [5.74, 6) is -4.51. The Morgan fingerprint density at radius 3 is 2.38 bits per heavy atom. The minimum atomic E-state index is -2.24. The topological polar surface area (TPSA) is 202 Å². The number of nitrogens with one attached hydrogen (secondary N) is 1. The van der Waals surface area contributed by atoms with Gasteiger partial charge in [0.15, 0.2) is 18.0 Å². The minimum Gasteiger partial charge on any atom is -0.456 e.